The van der Waals surface area contributed by atoms with E-state index >= 15 is 0 Å². The van der Waals surface area contributed by atoms with Crippen molar-refractivity contribution in [2.45, 2.75) is 38.0 Å². The number of hydrogen-bond acceptors (Lipinski definition) is 4. The first-order valence-electron chi connectivity index (χ1n) is 8.73. The fraction of sp³-hybridized carbons (Fsp3) is 0.706. The Morgan fingerprint density at radius 3 is 2.80 bits per heavy atom. The molecule has 8 heteroatoms. The molecule has 2 amide bonds. The number of oxazole rings is 1. The highest BCUT2D eigenvalue weighted by Crippen LogP contribution is 2.46. The van der Waals surface area contributed by atoms with E-state index < -0.39 is 30.2 Å². The van der Waals surface area contributed by atoms with Gasteiger partial charge >= 0.3 is 0 Å². The molecule has 1 aliphatic carbocycles. The van der Waals surface area contributed by atoms with Crippen molar-refractivity contribution in [2.75, 3.05) is 26.2 Å². The maximum absolute atomic E-state index is 14.4. The number of likely N-dealkylation sites (tertiary alicyclic amines) is 2. The van der Waals surface area contributed by atoms with Gasteiger partial charge in [0.2, 0.25) is 5.91 Å². The van der Waals surface area contributed by atoms with Gasteiger partial charge in [-0.2, -0.15) is 0 Å². The van der Waals surface area contributed by atoms with Crippen molar-refractivity contribution in [1.29, 1.82) is 0 Å². The van der Waals surface area contributed by atoms with Crippen molar-refractivity contribution in [3.8, 4) is 0 Å². The SMILES string of the molecule is O=C(c1cocn1)N1CC(F)(F)CC2(CCN(CC3CCC3)C2=O)C1. The Bertz CT molecular complexity index is 675. The minimum absolute atomic E-state index is 0.00961. The molecular formula is C17H21F2N3O3. The fourth-order valence-corrected chi connectivity index (χ4v) is 4.30. The summed E-state index contributed by atoms with van der Waals surface area (Å²) in [6.45, 7) is 0.491. The van der Waals surface area contributed by atoms with Crippen LogP contribution in [0, 0.1) is 11.3 Å². The summed E-state index contributed by atoms with van der Waals surface area (Å²) in [6, 6.07) is 0. The quantitative estimate of drug-likeness (QED) is 0.835. The van der Waals surface area contributed by atoms with Crippen molar-refractivity contribution in [3.63, 3.8) is 0 Å². The molecule has 1 saturated carbocycles. The Morgan fingerprint density at radius 2 is 2.16 bits per heavy atom. The van der Waals surface area contributed by atoms with Crippen LogP contribution < -0.4 is 0 Å². The molecule has 1 atom stereocenters. The average Bonchev–Trinajstić information content (AvgIpc) is 3.12. The van der Waals surface area contributed by atoms with Crippen molar-refractivity contribution in [1.82, 2.24) is 14.8 Å². The number of amides is 2. The molecule has 1 unspecified atom stereocenters. The number of piperidine rings is 1. The summed E-state index contributed by atoms with van der Waals surface area (Å²) in [5.41, 5.74) is -1.19. The van der Waals surface area contributed by atoms with Gasteiger partial charge in [-0.25, -0.2) is 13.8 Å². The van der Waals surface area contributed by atoms with Gasteiger partial charge in [0, 0.05) is 26.1 Å². The first kappa shape index (κ1) is 16.5. The monoisotopic (exact) mass is 353 g/mol. The van der Waals surface area contributed by atoms with E-state index in [9.17, 15) is 18.4 Å². The van der Waals surface area contributed by atoms with Crippen LogP contribution in [0.5, 0.6) is 0 Å². The number of carbonyl (C=O) groups is 2. The number of aromatic nitrogens is 1. The molecule has 3 fully saturated rings. The van der Waals surface area contributed by atoms with Gasteiger partial charge in [0.1, 0.15) is 6.26 Å². The Labute approximate surface area is 144 Å². The van der Waals surface area contributed by atoms with Crippen molar-refractivity contribution in [3.05, 3.63) is 18.4 Å². The van der Waals surface area contributed by atoms with E-state index in [0.29, 0.717) is 25.4 Å². The molecule has 2 saturated heterocycles. The summed E-state index contributed by atoms with van der Waals surface area (Å²) >= 11 is 0. The summed E-state index contributed by atoms with van der Waals surface area (Å²) in [5.74, 6) is -3.43. The van der Waals surface area contributed by atoms with Crippen LogP contribution in [0.4, 0.5) is 8.78 Å². The number of carbonyl (C=O) groups excluding carboxylic acids is 2. The Hall–Kier alpha value is -1.99. The first-order chi connectivity index (χ1) is 11.9. The van der Waals surface area contributed by atoms with Crippen LogP contribution in [0.2, 0.25) is 0 Å². The van der Waals surface area contributed by atoms with E-state index in [1.54, 1.807) is 4.90 Å². The predicted molar refractivity (Wildman–Crippen MR) is 82.9 cm³/mol. The normalized spacial score (nSPS) is 29.3. The molecule has 0 aromatic carbocycles. The van der Waals surface area contributed by atoms with Crippen molar-refractivity contribution >= 4 is 11.8 Å². The molecule has 1 aromatic rings. The molecule has 1 spiro atoms. The smallest absolute Gasteiger partial charge is 0.276 e. The lowest BCUT2D eigenvalue weighted by molar-refractivity contribution is -0.151. The van der Waals surface area contributed by atoms with E-state index in [1.165, 1.54) is 6.42 Å². The minimum atomic E-state index is -3.08. The van der Waals surface area contributed by atoms with E-state index in [1.807, 2.05) is 0 Å². The number of hydrogen-bond donors (Lipinski definition) is 0. The minimum Gasteiger partial charge on any atom is -0.451 e. The molecule has 6 nitrogen and oxygen atoms in total. The van der Waals surface area contributed by atoms with E-state index in [4.69, 9.17) is 4.42 Å². The summed E-state index contributed by atoms with van der Waals surface area (Å²) in [7, 11) is 0. The fourth-order valence-electron chi connectivity index (χ4n) is 4.30. The van der Waals surface area contributed by atoms with E-state index in [2.05, 4.69) is 4.98 Å². The number of rotatable bonds is 3. The van der Waals surface area contributed by atoms with Gasteiger partial charge in [0.25, 0.3) is 11.8 Å². The summed E-state index contributed by atoms with van der Waals surface area (Å²) in [4.78, 5) is 31.9. The number of nitrogens with zero attached hydrogens (tertiary/aromatic N) is 3. The molecule has 1 aromatic heterocycles. The van der Waals surface area contributed by atoms with E-state index in [0.717, 1.165) is 30.4 Å². The lowest BCUT2D eigenvalue weighted by atomic mass is 9.76. The largest absolute Gasteiger partial charge is 0.451 e. The van der Waals surface area contributed by atoms with Crippen molar-refractivity contribution < 1.29 is 22.8 Å². The maximum Gasteiger partial charge on any atom is 0.276 e. The second-order valence-corrected chi connectivity index (χ2v) is 7.65. The topological polar surface area (TPSA) is 66.7 Å². The second kappa shape index (κ2) is 5.78. The van der Waals surface area contributed by atoms with Gasteiger partial charge in [0.15, 0.2) is 12.1 Å². The predicted octanol–water partition coefficient (Wildman–Crippen LogP) is 2.17. The first-order valence-corrected chi connectivity index (χ1v) is 8.73. The molecule has 3 aliphatic rings. The van der Waals surface area contributed by atoms with Crippen LogP contribution in [0.3, 0.4) is 0 Å². The standard InChI is InChI=1S/C17H21F2N3O3/c18-17(19)8-16(4-5-21(15(16)24)6-12-2-1-3-12)9-22(10-17)14(23)13-7-25-11-20-13/h7,11-12H,1-6,8-10H2. The highest BCUT2D eigenvalue weighted by Gasteiger charge is 2.58. The molecule has 0 bridgehead atoms. The van der Waals surface area contributed by atoms with Gasteiger partial charge in [-0.3, -0.25) is 9.59 Å². The molecule has 4 rings (SSSR count). The third-order valence-electron chi connectivity index (χ3n) is 5.76. The summed E-state index contributed by atoms with van der Waals surface area (Å²) in [6.07, 6.45) is 5.50. The Kier molecular flexibility index (Phi) is 3.81. The zero-order chi connectivity index (χ0) is 17.7. The molecule has 0 radical (unpaired) electrons. The Balaban J connectivity index is 1.54. The number of alkyl halides is 2. The van der Waals surface area contributed by atoms with E-state index in [-0.39, 0.29) is 18.1 Å². The zero-order valence-electron chi connectivity index (χ0n) is 13.9. The van der Waals surface area contributed by atoms with Crippen LogP contribution in [0.25, 0.3) is 0 Å². The van der Waals surface area contributed by atoms with Crippen LogP contribution in [-0.4, -0.2) is 58.7 Å². The van der Waals surface area contributed by atoms with Gasteiger partial charge in [0.05, 0.1) is 12.0 Å². The van der Waals surface area contributed by atoms with Crippen LogP contribution in [0.15, 0.2) is 17.1 Å². The Morgan fingerprint density at radius 1 is 1.36 bits per heavy atom. The molecule has 3 heterocycles. The van der Waals surface area contributed by atoms with Gasteiger partial charge in [-0.05, 0) is 25.2 Å². The number of halogens is 2. The highest BCUT2D eigenvalue weighted by atomic mass is 19.3. The van der Waals surface area contributed by atoms with Crippen LogP contribution in [0.1, 0.15) is 42.6 Å². The van der Waals surface area contributed by atoms with Crippen LogP contribution >= 0.6 is 0 Å². The summed E-state index contributed by atoms with van der Waals surface area (Å²) < 4.78 is 33.5. The van der Waals surface area contributed by atoms with Gasteiger partial charge in [-0.1, -0.05) is 6.42 Å². The third kappa shape index (κ3) is 2.91. The van der Waals surface area contributed by atoms with Crippen LogP contribution in [-0.2, 0) is 4.79 Å². The molecular weight excluding hydrogens is 332 g/mol. The lowest BCUT2D eigenvalue weighted by Gasteiger charge is -2.42. The van der Waals surface area contributed by atoms with Crippen molar-refractivity contribution in [2.24, 2.45) is 11.3 Å². The zero-order valence-corrected chi connectivity index (χ0v) is 13.9. The average molecular weight is 353 g/mol. The third-order valence-corrected chi connectivity index (χ3v) is 5.76. The second-order valence-electron chi connectivity index (χ2n) is 7.65. The van der Waals surface area contributed by atoms with Gasteiger partial charge < -0.3 is 14.2 Å². The molecule has 0 N–H and O–H groups in total. The van der Waals surface area contributed by atoms with Gasteiger partial charge in [-0.15, -0.1) is 0 Å². The highest BCUT2D eigenvalue weighted by molar-refractivity contribution is 5.93. The molecule has 25 heavy (non-hydrogen) atoms. The lowest BCUT2D eigenvalue weighted by Crippen LogP contribution is -2.57. The molecule has 2 aliphatic heterocycles. The molecule has 136 valence electrons. The maximum atomic E-state index is 14.4. The summed E-state index contributed by atoms with van der Waals surface area (Å²) in [5, 5.41) is 0.